The van der Waals surface area contributed by atoms with Crippen molar-refractivity contribution in [3.05, 3.63) is 24.3 Å². The van der Waals surface area contributed by atoms with E-state index in [1.807, 2.05) is 36.2 Å². The smallest absolute Gasteiger partial charge is 0.324 e. The highest BCUT2D eigenvalue weighted by Crippen LogP contribution is 2.27. The maximum Gasteiger partial charge on any atom is 0.324 e. The lowest BCUT2D eigenvalue weighted by atomic mass is 10.0. The number of likely N-dealkylation sites (N-methyl/N-ethyl adjacent to an activating group) is 1. The number of nitrogens with two attached hydrogens (primary N) is 1. The fourth-order valence-corrected chi connectivity index (χ4v) is 2.29. The standard InChI is InChI=1S/C13H19N3O/c1-9(2)12-8-16(13(17)15(12)3)11-6-4-5-10(14)7-11/h4-7,9,12H,8,14H2,1-3H3. The molecular formula is C13H19N3O. The molecule has 2 rings (SSSR count). The number of nitrogen functional groups attached to an aromatic ring is 1. The van der Waals surface area contributed by atoms with Crippen LogP contribution in [0.5, 0.6) is 0 Å². The van der Waals surface area contributed by atoms with E-state index < -0.39 is 0 Å². The number of rotatable bonds is 2. The third-order valence-electron chi connectivity index (χ3n) is 3.35. The number of carbonyl (C=O) groups excluding carboxylic acids is 1. The molecule has 4 nitrogen and oxygen atoms in total. The van der Waals surface area contributed by atoms with Crippen LogP contribution >= 0.6 is 0 Å². The molecule has 1 aromatic carbocycles. The van der Waals surface area contributed by atoms with E-state index in [-0.39, 0.29) is 12.1 Å². The molecule has 1 saturated heterocycles. The van der Waals surface area contributed by atoms with Crippen LogP contribution in [0.4, 0.5) is 16.2 Å². The molecule has 1 atom stereocenters. The lowest BCUT2D eigenvalue weighted by Crippen LogP contribution is -2.33. The van der Waals surface area contributed by atoms with Crippen molar-refractivity contribution in [2.75, 3.05) is 24.2 Å². The highest BCUT2D eigenvalue weighted by atomic mass is 16.2. The fraction of sp³-hybridized carbons (Fsp3) is 0.462. The molecule has 4 heteroatoms. The first-order valence-corrected chi connectivity index (χ1v) is 5.90. The van der Waals surface area contributed by atoms with Crippen molar-refractivity contribution in [3.8, 4) is 0 Å². The number of benzene rings is 1. The Kier molecular flexibility index (Phi) is 2.96. The van der Waals surface area contributed by atoms with E-state index in [2.05, 4.69) is 13.8 Å². The van der Waals surface area contributed by atoms with E-state index in [4.69, 9.17) is 5.73 Å². The van der Waals surface area contributed by atoms with Gasteiger partial charge < -0.3 is 10.6 Å². The topological polar surface area (TPSA) is 49.6 Å². The van der Waals surface area contributed by atoms with Crippen LogP contribution in [0, 0.1) is 5.92 Å². The van der Waals surface area contributed by atoms with E-state index >= 15 is 0 Å². The van der Waals surface area contributed by atoms with Crippen LogP contribution < -0.4 is 10.6 Å². The Morgan fingerprint density at radius 2 is 2.12 bits per heavy atom. The Balaban J connectivity index is 2.27. The van der Waals surface area contributed by atoms with Crippen molar-refractivity contribution in [1.82, 2.24) is 4.90 Å². The van der Waals surface area contributed by atoms with Gasteiger partial charge in [-0.15, -0.1) is 0 Å². The molecule has 0 aliphatic carbocycles. The van der Waals surface area contributed by atoms with E-state index in [0.29, 0.717) is 11.6 Å². The van der Waals surface area contributed by atoms with Gasteiger partial charge in [-0.1, -0.05) is 19.9 Å². The summed E-state index contributed by atoms with van der Waals surface area (Å²) in [5.74, 6) is 0.454. The van der Waals surface area contributed by atoms with E-state index in [0.717, 1.165) is 12.2 Å². The van der Waals surface area contributed by atoms with Gasteiger partial charge in [0.25, 0.3) is 0 Å². The molecular weight excluding hydrogens is 214 g/mol. The molecule has 1 aromatic rings. The van der Waals surface area contributed by atoms with Gasteiger partial charge in [-0.2, -0.15) is 0 Å². The summed E-state index contributed by atoms with van der Waals surface area (Å²) in [6.45, 7) is 5.01. The van der Waals surface area contributed by atoms with Gasteiger partial charge in [-0.3, -0.25) is 4.90 Å². The predicted octanol–water partition coefficient (Wildman–Crippen LogP) is 2.17. The van der Waals surface area contributed by atoms with Gasteiger partial charge in [-0.05, 0) is 24.1 Å². The Morgan fingerprint density at radius 3 is 2.65 bits per heavy atom. The summed E-state index contributed by atoms with van der Waals surface area (Å²) in [5.41, 5.74) is 7.31. The zero-order chi connectivity index (χ0) is 12.6. The molecule has 1 fully saturated rings. The van der Waals surface area contributed by atoms with Crippen LogP contribution in [-0.4, -0.2) is 30.6 Å². The van der Waals surface area contributed by atoms with Crippen LogP contribution in [-0.2, 0) is 0 Å². The Labute approximate surface area is 102 Å². The molecule has 0 aromatic heterocycles. The molecule has 0 spiro atoms. The second-order valence-electron chi connectivity index (χ2n) is 4.91. The Hall–Kier alpha value is -1.71. The number of urea groups is 1. The monoisotopic (exact) mass is 233 g/mol. The molecule has 2 N–H and O–H groups in total. The molecule has 0 bridgehead atoms. The molecule has 92 valence electrons. The van der Waals surface area contributed by atoms with Crippen LogP contribution in [0.25, 0.3) is 0 Å². The van der Waals surface area contributed by atoms with Crippen LogP contribution in [0.1, 0.15) is 13.8 Å². The molecule has 0 radical (unpaired) electrons. The summed E-state index contributed by atoms with van der Waals surface area (Å²) in [4.78, 5) is 15.7. The normalized spacial score (nSPS) is 20.5. The molecule has 1 unspecified atom stereocenters. The number of amides is 2. The van der Waals surface area contributed by atoms with Crippen molar-refractivity contribution in [2.24, 2.45) is 5.92 Å². The maximum absolute atomic E-state index is 12.1. The summed E-state index contributed by atoms with van der Waals surface area (Å²) in [5, 5.41) is 0. The van der Waals surface area contributed by atoms with Gasteiger partial charge in [0, 0.05) is 25.0 Å². The fourth-order valence-electron chi connectivity index (χ4n) is 2.29. The quantitative estimate of drug-likeness (QED) is 0.796. The summed E-state index contributed by atoms with van der Waals surface area (Å²) in [6, 6.07) is 7.78. The third-order valence-corrected chi connectivity index (χ3v) is 3.35. The molecule has 0 saturated carbocycles. The van der Waals surface area contributed by atoms with Gasteiger partial charge >= 0.3 is 6.03 Å². The first kappa shape index (κ1) is 11.8. The number of anilines is 2. The zero-order valence-electron chi connectivity index (χ0n) is 10.6. The number of hydrogen-bond acceptors (Lipinski definition) is 2. The molecule has 2 amide bonds. The average Bonchev–Trinajstić information content (AvgIpc) is 2.56. The summed E-state index contributed by atoms with van der Waals surface area (Å²) in [6.07, 6.45) is 0. The summed E-state index contributed by atoms with van der Waals surface area (Å²) in [7, 11) is 1.86. The minimum atomic E-state index is 0.0503. The highest BCUT2D eigenvalue weighted by Gasteiger charge is 2.36. The number of hydrogen-bond donors (Lipinski definition) is 1. The Bertz CT molecular complexity index is 430. The minimum Gasteiger partial charge on any atom is -0.399 e. The van der Waals surface area contributed by atoms with E-state index in [9.17, 15) is 4.79 Å². The number of carbonyl (C=O) groups is 1. The predicted molar refractivity (Wildman–Crippen MR) is 70.0 cm³/mol. The van der Waals surface area contributed by atoms with Crippen molar-refractivity contribution in [3.63, 3.8) is 0 Å². The van der Waals surface area contributed by atoms with Crippen molar-refractivity contribution >= 4 is 17.4 Å². The second-order valence-corrected chi connectivity index (χ2v) is 4.91. The van der Waals surface area contributed by atoms with Crippen LogP contribution in [0.2, 0.25) is 0 Å². The average molecular weight is 233 g/mol. The highest BCUT2D eigenvalue weighted by molar-refractivity contribution is 5.94. The molecule has 1 heterocycles. The van der Waals surface area contributed by atoms with Crippen molar-refractivity contribution in [1.29, 1.82) is 0 Å². The van der Waals surface area contributed by atoms with Gasteiger partial charge in [0.15, 0.2) is 0 Å². The SMILES string of the molecule is CC(C)C1CN(c2cccc(N)c2)C(=O)N1C. The van der Waals surface area contributed by atoms with Gasteiger partial charge in [0.05, 0.1) is 6.04 Å². The second kappa shape index (κ2) is 4.28. The summed E-state index contributed by atoms with van der Waals surface area (Å²) < 4.78 is 0. The van der Waals surface area contributed by atoms with Crippen molar-refractivity contribution < 1.29 is 4.79 Å². The number of nitrogens with zero attached hydrogens (tertiary/aromatic N) is 2. The van der Waals surface area contributed by atoms with Gasteiger partial charge in [0.2, 0.25) is 0 Å². The largest absolute Gasteiger partial charge is 0.399 e. The Morgan fingerprint density at radius 1 is 1.41 bits per heavy atom. The van der Waals surface area contributed by atoms with Gasteiger partial charge in [0.1, 0.15) is 0 Å². The lowest BCUT2D eigenvalue weighted by Gasteiger charge is -2.20. The summed E-state index contributed by atoms with van der Waals surface area (Å²) >= 11 is 0. The van der Waals surface area contributed by atoms with E-state index in [1.54, 1.807) is 4.90 Å². The van der Waals surface area contributed by atoms with Crippen molar-refractivity contribution in [2.45, 2.75) is 19.9 Å². The van der Waals surface area contributed by atoms with Gasteiger partial charge in [-0.25, -0.2) is 4.79 Å². The minimum absolute atomic E-state index is 0.0503. The molecule has 1 aliphatic heterocycles. The first-order valence-electron chi connectivity index (χ1n) is 5.90. The molecule has 1 aliphatic rings. The van der Waals surface area contributed by atoms with Crippen LogP contribution in [0.3, 0.4) is 0 Å². The van der Waals surface area contributed by atoms with E-state index in [1.165, 1.54) is 0 Å². The molecule has 17 heavy (non-hydrogen) atoms. The maximum atomic E-state index is 12.1. The third kappa shape index (κ3) is 2.07. The zero-order valence-corrected chi connectivity index (χ0v) is 10.6. The van der Waals surface area contributed by atoms with Crippen LogP contribution in [0.15, 0.2) is 24.3 Å². The first-order chi connectivity index (χ1) is 8.00. The lowest BCUT2D eigenvalue weighted by molar-refractivity contribution is 0.208.